The standard InChI is InChI=1S/C12H15N3O4S/c1-4-13-20(16,17)9-5-6-11(18-3)10(7-9)12-14-8(2)19-15-12/h5-7,13H,4H2,1-3H3. The van der Waals surface area contributed by atoms with E-state index in [-0.39, 0.29) is 10.7 Å². The van der Waals surface area contributed by atoms with Crippen molar-refractivity contribution < 1.29 is 17.7 Å². The molecule has 0 unspecified atom stereocenters. The maximum absolute atomic E-state index is 12.0. The van der Waals surface area contributed by atoms with Crippen LogP contribution in [0.15, 0.2) is 27.6 Å². The van der Waals surface area contributed by atoms with Gasteiger partial charge in [0.05, 0.1) is 17.6 Å². The topological polar surface area (TPSA) is 94.3 Å². The lowest BCUT2D eigenvalue weighted by Crippen LogP contribution is -2.23. The number of nitrogens with one attached hydrogen (secondary N) is 1. The number of aromatic nitrogens is 2. The predicted octanol–water partition coefficient (Wildman–Crippen LogP) is 1.35. The quantitative estimate of drug-likeness (QED) is 0.895. The van der Waals surface area contributed by atoms with Gasteiger partial charge in [0.15, 0.2) is 0 Å². The molecule has 0 bridgehead atoms. The summed E-state index contributed by atoms with van der Waals surface area (Å²) in [7, 11) is -2.06. The van der Waals surface area contributed by atoms with Gasteiger partial charge in [0.2, 0.25) is 21.7 Å². The molecule has 0 spiro atoms. The van der Waals surface area contributed by atoms with E-state index in [1.54, 1.807) is 19.9 Å². The molecular formula is C12H15N3O4S. The zero-order valence-corrected chi connectivity index (χ0v) is 12.2. The van der Waals surface area contributed by atoms with Gasteiger partial charge in [0, 0.05) is 13.5 Å². The van der Waals surface area contributed by atoms with Crippen LogP contribution >= 0.6 is 0 Å². The summed E-state index contributed by atoms with van der Waals surface area (Å²) in [4.78, 5) is 4.21. The third kappa shape index (κ3) is 2.81. The fraction of sp³-hybridized carbons (Fsp3) is 0.333. The lowest BCUT2D eigenvalue weighted by Gasteiger charge is -2.09. The molecule has 7 nitrogen and oxygen atoms in total. The van der Waals surface area contributed by atoms with Gasteiger partial charge in [0.1, 0.15) is 5.75 Å². The van der Waals surface area contributed by atoms with Crippen LogP contribution in [0, 0.1) is 6.92 Å². The molecule has 2 rings (SSSR count). The first-order valence-corrected chi connectivity index (χ1v) is 7.44. The second-order valence-corrected chi connectivity index (χ2v) is 5.77. The summed E-state index contributed by atoms with van der Waals surface area (Å²) >= 11 is 0. The highest BCUT2D eigenvalue weighted by Gasteiger charge is 2.18. The van der Waals surface area contributed by atoms with Crippen molar-refractivity contribution in [2.75, 3.05) is 13.7 Å². The summed E-state index contributed by atoms with van der Waals surface area (Å²) in [6.07, 6.45) is 0. The van der Waals surface area contributed by atoms with Crippen LogP contribution in [-0.4, -0.2) is 32.2 Å². The first-order chi connectivity index (χ1) is 9.47. The fourth-order valence-corrected chi connectivity index (χ4v) is 2.78. The lowest BCUT2D eigenvalue weighted by molar-refractivity contribution is 0.392. The third-order valence-electron chi connectivity index (χ3n) is 2.58. The molecule has 2 aromatic rings. The molecule has 1 aromatic carbocycles. The summed E-state index contributed by atoms with van der Waals surface area (Å²) in [6, 6.07) is 4.49. The van der Waals surface area contributed by atoms with Crippen molar-refractivity contribution in [3.63, 3.8) is 0 Å². The Hall–Kier alpha value is -1.93. The molecule has 0 amide bonds. The van der Waals surface area contributed by atoms with Crippen LogP contribution in [0.25, 0.3) is 11.4 Å². The second-order valence-electron chi connectivity index (χ2n) is 4.00. The van der Waals surface area contributed by atoms with Gasteiger partial charge in [-0.05, 0) is 18.2 Å². The van der Waals surface area contributed by atoms with Gasteiger partial charge in [-0.3, -0.25) is 0 Å². The predicted molar refractivity (Wildman–Crippen MR) is 71.9 cm³/mol. The van der Waals surface area contributed by atoms with Crippen molar-refractivity contribution in [2.24, 2.45) is 0 Å². The largest absolute Gasteiger partial charge is 0.496 e. The van der Waals surface area contributed by atoms with Gasteiger partial charge >= 0.3 is 0 Å². The molecule has 8 heteroatoms. The number of ether oxygens (including phenoxy) is 1. The minimum Gasteiger partial charge on any atom is -0.496 e. The van der Waals surface area contributed by atoms with Gasteiger partial charge in [-0.2, -0.15) is 4.98 Å². The minimum atomic E-state index is -3.55. The summed E-state index contributed by atoms with van der Waals surface area (Å²) < 4.78 is 36.5. The smallest absolute Gasteiger partial charge is 0.240 e. The number of hydrogen-bond donors (Lipinski definition) is 1. The number of rotatable bonds is 5. The molecule has 0 aliphatic heterocycles. The maximum Gasteiger partial charge on any atom is 0.240 e. The van der Waals surface area contributed by atoms with Gasteiger partial charge in [-0.25, -0.2) is 13.1 Å². The molecular weight excluding hydrogens is 282 g/mol. The van der Waals surface area contributed by atoms with Crippen LogP contribution in [0.5, 0.6) is 5.75 Å². The molecule has 0 atom stereocenters. The van der Waals surface area contributed by atoms with E-state index in [0.29, 0.717) is 23.7 Å². The summed E-state index contributed by atoms with van der Waals surface area (Å²) in [6.45, 7) is 3.68. The van der Waals surface area contributed by atoms with Gasteiger partial charge in [0.25, 0.3) is 0 Å². The Bertz CT molecular complexity index is 709. The van der Waals surface area contributed by atoms with E-state index in [1.165, 1.54) is 19.2 Å². The van der Waals surface area contributed by atoms with Crippen molar-refractivity contribution >= 4 is 10.0 Å². The number of hydrogen-bond acceptors (Lipinski definition) is 6. The molecule has 20 heavy (non-hydrogen) atoms. The Labute approximate surface area is 117 Å². The summed E-state index contributed by atoms with van der Waals surface area (Å²) in [5, 5.41) is 3.78. The second kappa shape index (κ2) is 5.59. The Morgan fingerprint density at radius 1 is 1.40 bits per heavy atom. The molecule has 0 saturated heterocycles. The molecule has 1 aromatic heterocycles. The van der Waals surface area contributed by atoms with E-state index in [2.05, 4.69) is 14.9 Å². The Balaban J connectivity index is 2.55. The van der Waals surface area contributed by atoms with E-state index in [0.717, 1.165) is 0 Å². The Kier molecular flexibility index (Phi) is 4.05. The zero-order chi connectivity index (χ0) is 14.8. The molecule has 1 N–H and O–H groups in total. The molecule has 0 aliphatic rings. The molecule has 0 radical (unpaired) electrons. The number of methoxy groups -OCH3 is 1. The molecule has 1 heterocycles. The molecule has 108 valence electrons. The van der Waals surface area contributed by atoms with Crippen LogP contribution in [0.1, 0.15) is 12.8 Å². The molecule has 0 saturated carbocycles. The lowest BCUT2D eigenvalue weighted by atomic mass is 10.2. The number of sulfonamides is 1. The maximum atomic E-state index is 12.0. The fourth-order valence-electron chi connectivity index (χ4n) is 1.71. The van der Waals surface area contributed by atoms with Crippen molar-refractivity contribution in [2.45, 2.75) is 18.7 Å². The SMILES string of the molecule is CCNS(=O)(=O)c1ccc(OC)c(-c2noc(C)n2)c1. The van der Waals surface area contributed by atoms with Crippen molar-refractivity contribution in [3.05, 3.63) is 24.1 Å². The van der Waals surface area contributed by atoms with E-state index >= 15 is 0 Å². The third-order valence-corrected chi connectivity index (χ3v) is 4.13. The normalized spacial score (nSPS) is 11.6. The molecule has 0 fully saturated rings. The van der Waals surface area contributed by atoms with Crippen LogP contribution in [0.2, 0.25) is 0 Å². The van der Waals surface area contributed by atoms with Gasteiger partial charge < -0.3 is 9.26 Å². The van der Waals surface area contributed by atoms with Crippen LogP contribution in [0.3, 0.4) is 0 Å². The first-order valence-electron chi connectivity index (χ1n) is 5.96. The van der Waals surface area contributed by atoms with Crippen molar-refractivity contribution in [1.82, 2.24) is 14.9 Å². The van der Waals surface area contributed by atoms with E-state index in [1.807, 2.05) is 0 Å². The highest BCUT2D eigenvalue weighted by Crippen LogP contribution is 2.30. The van der Waals surface area contributed by atoms with E-state index in [4.69, 9.17) is 9.26 Å². The average molecular weight is 297 g/mol. The number of aryl methyl sites for hydroxylation is 1. The number of benzene rings is 1. The van der Waals surface area contributed by atoms with Crippen molar-refractivity contribution in [3.8, 4) is 17.1 Å². The van der Waals surface area contributed by atoms with E-state index in [9.17, 15) is 8.42 Å². The van der Waals surface area contributed by atoms with Crippen LogP contribution < -0.4 is 9.46 Å². The minimum absolute atomic E-state index is 0.123. The Morgan fingerprint density at radius 3 is 2.70 bits per heavy atom. The zero-order valence-electron chi connectivity index (χ0n) is 11.4. The van der Waals surface area contributed by atoms with Crippen molar-refractivity contribution in [1.29, 1.82) is 0 Å². The Morgan fingerprint density at radius 2 is 2.15 bits per heavy atom. The van der Waals surface area contributed by atoms with Crippen LogP contribution in [-0.2, 0) is 10.0 Å². The first kappa shape index (κ1) is 14.5. The monoisotopic (exact) mass is 297 g/mol. The highest BCUT2D eigenvalue weighted by molar-refractivity contribution is 7.89. The summed E-state index contributed by atoms with van der Waals surface area (Å²) in [5.41, 5.74) is 0.461. The van der Waals surface area contributed by atoms with E-state index < -0.39 is 10.0 Å². The van der Waals surface area contributed by atoms with Crippen LogP contribution in [0.4, 0.5) is 0 Å². The van der Waals surface area contributed by atoms with Gasteiger partial charge in [-0.1, -0.05) is 12.1 Å². The average Bonchev–Trinajstić information content (AvgIpc) is 2.84. The summed E-state index contributed by atoms with van der Waals surface area (Å²) in [5.74, 6) is 1.15. The highest BCUT2D eigenvalue weighted by atomic mass is 32.2. The van der Waals surface area contributed by atoms with Gasteiger partial charge in [-0.15, -0.1) is 0 Å². The number of nitrogens with zero attached hydrogens (tertiary/aromatic N) is 2. The molecule has 0 aliphatic carbocycles.